The van der Waals surface area contributed by atoms with Crippen molar-refractivity contribution in [1.82, 2.24) is 19.9 Å². The van der Waals surface area contributed by atoms with Gasteiger partial charge >= 0.3 is 0 Å². The summed E-state index contributed by atoms with van der Waals surface area (Å²) in [7, 11) is 0. The van der Waals surface area contributed by atoms with Crippen LogP contribution in [0.5, 0.6) is 5.75 Å². The van der Waals surface area contributed by atoms with Gasteiger partial charge in [-0.1, -0.05) is 23.7 Å². The molecule has 2 heterocycles. The highest BCUT2D eigenvalue weighted by molar-refractivity contribution is 6.32. The van der Waals surface area contributed by atoms with Gasteiger partial charge in [-0.3, -0.25) is 9.78 Å². The van der Waals surface area contributed by atoms with Gasteiger partial charge in [0, 0.05) is 30.4 Å². The smallest absolute Gasteiger partial charge is 0.252 e. The Morgan fingerprint density at radius 2 is 1.91 bits per heavy atom. The molecule has 0 aliphatic rings. The average Bonchev–Trinajstić information content (AvgIpc) is 3.15. The number of benzene rings is 2. The van der Waals surface area contributed by atoms with Gasteiger partial charge in [0.15, 0.2) is 0 Å². The quantitative estimate of drug-likeness (QED) is 0.422. The van der Waals surface area contributed by atoms with Crippen LogP contribution in [0.1, 0.15) is 27.3 Å². The van der Waals surface area contributed by atoms with E-state index in [1.807, 2.05) is 44.2 Å². The summed E-state index contributed by atoms with van der Waals surface area (Å²) in [5, 5.41) is 3.71. The zero-order chi connectivity index (χ0) is 22.5. The van der Waals surface area contributed by atoms with Gasteiger partial charge in [0.05, 0.1) is 23.1 Å². The highest BCUT2D eigenvalue weighted by Crippen LogP contribution is 2.26. The Hall–Kier alpha value is -3.38. The summed E-state index contributed by atoms with van der Waals surface area (Å²) >= 11 is 6.26. The Morgan fingerprint density at radius 3 is 2.66 bits per heavy atom. The van der Waals surface area contributed by atoms with Crippen molar-refractivity contribution >= 4 is 28.5 Å². The molecular formula is C25H25ClN4O2. The van der Waals surface area contributed by atoms with Crippen LogP contribution in [0, 0.1) is 13.8 Å². The number of nitrogens with zero attached hydrogens (tertiary/aromatic N) is 3. The number of hydrogen-bond acceptors (Lipinski definition) is 4. The minimum absolute atomic E-state index is 0.141. The van der Waals surface area contributed by atoms with Crippen LogP contribution in [0.4, 0.5) is 0 Å². The van der Waals surface area contributed by atoms with E-state index in [1.54, 1.807) is 24.5 Å². The number of hydrogen-bond donors (Lipinski definition) is 1. The molecule has 164 valence electrons. The third-order valence-electron chi connectivity index (χ3n) is 5.29. The molecule has 1 N–H and O–H groups in total. The minimum Gasteiger partial charge on any atom is -0.492 e. The van der Waals surface area contributed by atoms with Crippen molar-refractivity contribution in [2.24, 2.45) is 0 Å². The van der Waals surface area contributed by atoms with E-state index < -0.39 is 0 Å². The van der Waals surface area contributed by atoms with E-state index in [0.717, 1.165) is 38.8 Å². The SMILES string of the molecule is Cc1cc(OCCn2c(CCNC(=O)c3cccnc3)nc3ccccc32)cc(C)c1Cl. The minimum atomic E-state index is -0.141. The van der Waals surface area contributed by atoms with Crippen molar-refractivity contribution in [3.63, 3.8) is 0 Å². The van der Waals surface area contributed by atoms with E-state index in [1.165, 1.54) is 0 Å². The molecule has 32 heavy (non-hydrogen) atoms. The molecule has 0 atom stereocenters. The van der Waals surface area contributed by atoms with Gasteiger partial charge in [-0.25, -0.2) is 4.98 Å². The Labute approximate surface area is 192 Å². The van der Waals surface area contributed by atoms with Crippen LogP contribution < -0.4 is 10.1 Å². The van der Waals surface area contributed by atoms with Crippen LogP contribution in [0.3, 0.4) is 0 Å². The average molecular weight is 449 g/mol. The molecule has 0 saturated heterocycles. The molecule has 0 spiro atoms. The fraction of sp³-hybridized carbons (Fsp3) is 0.240. The van der Waals surface area contributed by atoms with Crippen LogP contribution >= 0.6 is 11.6 Å². The van der Waals surface area contributed by atoms with Crippen molar-refractivity contribution in [1.29, 1.82) is 0 Å². The number of aryl methyl sites for hydroxylation is 2. The second-order valence-corrected chi connectivity index (χ2v) is 8.01. The Kier molecular flexibility index (Phi) is 6.71. The summed E-state index contributed by atoms with van der Waals surface area (Å²) in [6.45, 7) is 5.57. The molecule has 6 nitrogen and oxygen atoms in total. The molecule has 0 saturated carbocycles. The molecule has 0 unspecified atom stereocenters. The molecule has 0 radical (unpaired) electrons. The third kappa shape index (κ3) is 4.92. The number of pyridine rings is 1. The standard InChI is InChI=1S/C25H25ClN4O2/c1-17-14-20(15-18(2)24(17)26)32-13-12-30-22-8-4-3-7-21(22)29-23(30)9-11-28-25(31)19-6-5-10-27-16-19/h3-8,10,14-16H,9,11-13H2,1-2H3,(H,28,31). The van der Waals surface area contributed by atoms with Crippen molar-refractivity contribution in [2.45, 2.75) is 26.8 Å². The second-order valence-electron chi connectivity index (χ2n) is 7.64. The lowest BCUT2D eigenvalue weighted by atomic mass is 10.1. The van der Waals surface area contributed by atoms with Crippen LogP contribution in [-0.4, -0.2) is 33.6 Å². The molecule has 0 aliphatic heterocycles. The van der Waals surface area contributed by atoms with Gasteiger partial charge in [0.2, 0.25) is 0 Å². The molecule has 7 heteroatoms. The normalized spacial score (nSPS) is 11.0. The predicted octanol–water partition coefficient (Wildman–Crippen LogP) is 4.75. The molecular weight excluding hydrogens is 424 g/mol. The predicted molar refractivity (Wildman–Crippen MR) is 126 cm³/mol. The van der Waals surface area contributed by atoms with Crippen LogP contribution in [0.25, 0.3) is 11.0 Å². The summed E-state index contributed by atoms with van der Waals surface area (Å²) in [5.41, 5.74) is 4.52. The number of aromatic nitrogens is 3. The lowest BCUT2D eigenvalue weighted by Crippen LogP contribution is -2.26. The molecule has 2 aromatic heterocycles. The number of fused-ring (bicyclic) bond motifs is 1. The molecule has 4 aromatic rings. The number of para-hydroxylation sites is 2. The Bertz CT molecular complexity index is 1210. The Morgan fingerprint density at radius 1 is 1.12 bits per heavy atom. The number of ether oxygens (including phenoxy) is 1. The number of imidazole rings is 1. The summed E-state index contributed by atoms with van der Waals surface area (Å²) in [6.07, 6.45) is 3.82. The van der Waals surface area contributed by atoms with Crippen LogP contribution in [-0.2, 0) is 13.0 Å². The number of rotatable bonds is 8. The van der Waals surface area contributed by atoms with Gasteiger partial charge in [-0.15, -0.1) is 0 Å². The summed E-state index contributed by atoms with van der Waals surface area (Å²) in [5.74, 6) is 1.57. The van der Waals surface area contributed by atoms with E-state index in [4.69, 9.17) is 21.3 Å². The zero-order valence-corrected chi connectivity index (χ0v) is 18.9. The summed E-state index contributed by atoms with van der Waals surface area (Å²) < 4.78 is 8.17. The van der Waals surface area contributed by atoms with Crippen LogP contribution in [0.15, 0.2) is 60.9 Å². The summed E-state index contributed by atoms with van der Waals surface area (Å²) in [4.78, 5) is 21.1. The van der Waals surface area contributed by atoms with E-state index in [0.29, 0.717) is 31.7 Å². The van der Waals surface area contributed by atoms with Gasteiger partial charge in [0.25, 0.3) is 5.91 Å². The van der Waals surface area contributed by atoms with Gasteiger partial charge in [-0.2, -0.15) is 0 Å². The highest BCUT2D eigenvalue weighted by Gasteiger charge is 2.12. The topological polar surface area (TPSA) is 69.0 Å². The fourth-order valence-corrected chi connectivity index (χ4v) is 3.81. The van der Waals surface area contributed by atoms with E-state index >= 15 is 0 Å². The lowest BCUT2D eigenvalue weighted by molar-refractivity contribution is 0.0953. The van der Waals surface area contributed by atoms with Crippen molar-refractivity contribution in [2.75, 3.05) is 13.2 Å². The van der Waals surface area contributed by atoms with E-state index in [-0.39, 0.29) is 5.91 Å². The first-order valence-corrected chi connectivity index (χ1v) is 10.9. The number of carbonyl (C=O) groups is 1. The second kappa shape index (κ2) is 9.83. The van der Waals surface area contributed by atoms with E-state index in [2.05, 4.69) is 20.9 Å². The zero-order valence-electron chi connectivity index (χ0n) is 18.1. The molecule has 0 aliphatic carbocycles. The lowest BCUT2D eigenvalue weighted by Gasteiger charge is -2.13. The molecule has 0 bridgehead atoms. The molecule has 2 aromatic carbocycles. The number of carbonyl (C=O) groups excluding carboxylic acids is 1. The van der Waals surface area contributed by atoms with Gasteiger partial charge < -0.3 is 14.6 Å². The largest absolute Gasteiger partial charge is 0.492 e. The number of halogens is 1. The first-order valence-electron chi connectivity index (χ1n) is 10.5. The monoisotopic (exact) mass is 448 g/mol. The maximum Gasteiger partial charge on any atom is 0.252 e. The highest BCUT2D eigenvalue weighted by atomic mass is 35.5. The van der Waals surface area contributed by atoms with Crippen molar-refractivity contribution < 1.29 is 9.53 Å². The van der Waals surface area contributed by atoms with Crippen molar-refractivity contribution in [3.8, 4) is 5.75 Å². The molecule has 1 amide bonds. The molecule has 4 rings (SSSR count). The summed E-state index contributed by atoms with van der Waals surface area (Å²) in [6, 6.07) is 15.4. The molecule has 0 fully saturated rings. The first kappa shape index (κ1) is 21.8. The fourth-order valence-electron chi connectivity index (χ4n) is 3.70. The first-order chi connectivity index (χ1) is 15.5. The maximum absolute atomic E-state index is 12.3. The number of nitrogens with one attached hydrogen (secondary N) is 1. The van der Waals surface area contributed by atoms with Gasteiger partial charge in [-0.05, 0) is 61.4 Å². The van der Waals surface area contributed by atoms with E-state index in [9.17, 15) is 4.79 Å². The van der Waals surface area contributed by atoms with Crippen molar-refractivity contribution in [3.05, 3.63) is 88.5 Å². The van der Waals surface area contributed by atoms with Gasteiger partial charge in [0.1, 0.15) is 18.2 Å². The Balaban J connectivity index is 1.44. The maximum atomic E-state index is 12.3. The van der Waals surface area contributed by atoms with Crippen LogP contribution in [0.2, 0.25) is 5.02 Å². The number of amides is 1. The third-order valence-corrected chi connectivity index (χ3v) is 5.88.